The number of fused-ring (bicyclic) bond motifs is 1. The van der Waals surface area contributed by atoms with Crippen molar-refractivity contribution in [1.29, 1.82) is 0 Å². The van der Waals surface area contributed by atoms with E-state index < -0.39 is 6.04 Å². The van der Waals surface area contributed by atoms with Crippen molar-refractivity contribution in [2.24, 2.45) is 0 Å². The second-order valence-corrected chi connectivity index (χ2v) is 6.87. The highest BCUT2D eigenvalue weighted by atomic mass is 16.5. The van der Waals surface area contributed by atoms with Crippen molar-refractivity contribution in [2.75, 3.05) is 12.4 Å². The smallest absolute Gasteiger partial charge is 0.273 e. The van der Waals surface area contributed by atoms with Gasteiger partial charge in [-0.15, -0.1) is 0 Å². The molecular formula is C23H22N3O3+. The first-order valence-corrected chi connectivity index (χ1v) is 9.25. The van der Waals surface area contributed by atoms with Crippen LogP contribution in [-0.2, 0) is 0 Å². The number of hydrogen-bond donors (Lipinski definition) is 3. The summed E-state index contributed by atoms with van der Waals surface area (Å²) in [6.07, 6.45) is 3.50. The summed E-state index contributed by atoms with van der Waals surface area (Å²) in [7, 11) is 1.51. The Morgan fingerprint density at radius 1 is 1.07 bits per heavy atom. The number of rotatable bonds is 5. The number of pyridine rings is 2. The van der Waals surface area contributed by atoms with Gasteiger partial charge in [0.1, 0.15) is 17.3 Å². The van der Waals surface area contributed by atoms with Gasteiger partial charge in [0.05, 0.1) is 13.3 Å². The summed E-state index contributed by atoms with van der Waals surface area (Å²) < 4.78 is 5.16. The second-order valence-electron chi connectivity index (χ2n) is 6.87. The average molecular weight is 388 g/mol. The number of aromatic nitrogens is 2. The Balaban J connectivity index is 1.86. The molecule has 0 amide bonds. The number of nitrogens with zero attached hydrogens (tertiary/aromatic N) is 1. The minimum Gasteiger partial charge on any atom is -0.505 e. The maximum atomic E-state index is 11.0. The van der Waals surface area contributed by atoms with E-state index in [2.05, 4.69) is 15.3 Å². The molecule has 1 unspecified atom stereocenters. The van der Waals surface area contributed by atoms with Gasteiger partial charge in [-0.3, -0.25) is 10.3 Å². The number of H-pyrrole nitrogens is 1. The molecule has 6 nitrogen and oxygen atoms in total. The van der Waals surface area contributed by atoms with Crippen LogP contribution in [0, 0.1) is 6.92 Å². The van der Waals surface area contributed by atoms with E-state index in [1.807, 2.05) is 55.6 Å². The van der Waals surface area contributed by atoms with Crippen LogP contribution in [0.25, 0.3) is 10.9 Å². The van der Waals surface area contributed by atoms with Gasteiger partial charge in [-0.05, 0) is 42.8 Å². The molecule has 29 heavy (non-hydrogen) atoms. The van der Waals surface area contributed by atoms with Crippen LogP contribution in [0.3, 0.4) is 0 Å². The van der Waals surface area contributed by atoms with Crippen molar-refractivity contribution in [3.63, 3.8) is 0 Å². The number of phenols is 2. The molecule has 6 heteroatoms. The minimum absolute atomic E-state index is 0.0309. The van der Waals surface area contributed by atoms with Crippen LogP contribution < -0.4 is 15.0 Å². The molecule has 2 heterocycles. The fourth-order valence-corrected chi connectivity index (χ4v) is 3.42. The highest BCUT2D eigenvalue weighted by molar-refractivity contribution is 5.86. The largest absolute Gasteiger partial charge is 0.505 e. The lowest BCUT2D eigenvalue weighted by Crippen LogP contribution is -2.19. The molecule has 4 aromatic rings. The van der Waals surface area contributed by atoms with E-state index in [0.717, 1.165) is 22.3 Å². The number of phenolic OH excluding ortho intramolecular Hbond substituents is 2. The SMILES string of the molecule is COc1ccc(C(Nc2cc(C)cc[nH+]2)c2ccc3cccnc3c2O)cc1O. The summed E-state index contributed by atoms with van der Waals surface area (Å²) in [6.45, 7) is 2.00. The highest BCUT2D eigenvalue weighted by Crippen LogP contribution is 2.38. The fraction of sp³-hybridized carbons (Fsp3) is 0.130. The van der Waals surface area contributed by atoms with E-state index in [4.69, 9.17) is 4.74 Å². The molecule has 146 valence electrons. The minimum atomic E-state index is -0.434. The quantitative estimate of drug-likeness (QED) is 0.481. The van der Waals surface area contributed by atoms with Gasteiger partial charge in [0.15, 0.2) is 11.5 Å². The number of hydrogen-bond acceptors (Lipinski definition) is 5. The molecule has 1 atom stereocenters. The molecule has 0 aliphatic carbocycles. The first-order chi connectivity index (χ1) is 14.1. The van der Waals surface area contributed by atoms with E-state index in [1.165, 1.54) is 7.11 Å². The third-order valence-electron chi connectivity index (χ3n) is 4.88. The molecule has 0 aliphatic heterocycles. The topological polar surface area (TPSA) is 88.8 Å². The lowest BCUT2D eigenvalue weighted by atomic mass is 9.95. The molecule has 0 saturated carbocycles. The predicted octanol–water partition coefficient (Wildman–Crippen LogP) is 3.98. The Hall–Kier alpha value is -3.80. The second kappa shape index (κ2) is 7.67. The van der Waals surface area contributed by atoms with Crippen LogP contribution in [0.2, 0.25) is 0 Å². The standard InChI is InChI=1S/C23H21N3O3/c1-14-9-11-24-20(12-14)26-21(16-6-8-19(29-2)18(27)13-16)17-7-5-15-4-3-10-25-22(15)23(17)28/h3-13,21,27-28H,1-2H3,(H,24,26)/p+1. The van der Waals surface area contributed by atoms with E-state index in [9.17, 15) is 10.2 Å². The van der Waals surface area contributed by atoms with E-state index >= 15 is 0 Å². The molecule has 0 bridgehead atoms. The van der Waals surface area contributed by atoms with Gasteiger partial charge in [-0.1, -0.05) is 18.2 Å². The zero-order valence-electron chi connectivity index (χ0n) is 16.2. The Kier molecular flexibility index (Phi) is 4.91. The number of benzene rings is 2. The number of aryl methyl sites for hydroxylation is 1. The Morgan fingerprint density at radius 2 is 1.93 bits per heavy atom. The summed E-state index contributed by atoms with van der Waals surface area (Å²) in [5, 5.41) is 25.6. The first-order valence-electron chi connectivity index (χ1n) is 9.25. The highest BCUT2D eigenvalue weighted by Gasteiger charge is 2.25. The molecule has 2 aromatic carbocycles. The molecule has 4 rings (SSSR count). The summed E-state index contributed by atoms with van der Waals surface area (Å²) in [5.74, 6) is 1.30. The summed E-state index contributed by atoms with van der Waals surface area (Å²) in [5.41, 5.74) is 3.04. The van der Waals surface area contributed by atoms with Crippen molar-refractivity contribution in [3.05, 3.63) is 83.7 Å². The van der Waals surface area contributed by atoms with Gasteiger partial charge in [0, 0.05) is 28.8 Å². The number of methoxy groups -OCH3 is 1. The summed E-state index contributed by atoms with van der Waals surface area (Å²) >= 11 is 0. The van der Waals surface area contributed by atoms with Crippen LogP contribution in [-0.4, -0.2) is 22.3 Å². The van der Waals surface area contributed by atoms with Crippen LogP contribution in [0.4, 0.5) is 5.82 Å². The van der Waals surface area contributed by atoms with E-state index in [0.29, 0.717) is 16.8 Å². The van der Waals surface area contributed by atoms with Crippen LogP contribution in [0.15, 0.2) is 67.0 Å². The number of ether oxygens (including phenoxy) is 1. The number of aromatic hydroxyl groups is 2. The first kappa shape index (κ1) is 18.6. The van der Waals surface area contributed by atoms with Crippen molar-refractivity contribution in [2.45, 2.75) is 13.0 Å². The summed E-state index contributed by atoms with van der Waals surface area (Å²) in [6, 6.07) is 16.2. The van der Waals surface area contributed by atoms with Gasteiger partial charge >= 0.3 is 0 Å². The van der Waals surface area contributed by atoms with Crippen LogP contribution >= 0.6 is 0 Å². The maximum absolute atomic E-state index is 11.0. The lowest BCUT2D eigenvalue weighted by Gasteiger charge is -2.18. The third kappa shape index (κ3) is 3.65. The normalized spacial score (nSPS) is 11.9. The van der Waals surface area contributed by atoms with Gasteiger partial charge in [-0.25, -0.2) is 4.98 Å². The number of nitrogens with one attached hydrogen (secondary N) is 2. The fourth-order valence-electron chi connectivity index (χ4n) is 3.42. The molecule has 0 fully saturated rings. The third-order valence-corrected chi connectivity index (χ3v) is 4.88. The van der Waals surface area contributed by atoms with Crippen molar-refractivity contribution in [3.8, 4) is 17.2 Å². The predicted molar refractivity (Wildman–Crippen MR) is 111 cm³/mol. The zero-order valence-corrected chi connectivity index (χ0v) is 16.2. The van der Waals surface area contributed by atoms with E-state index in [-0.39, 0.29) is 11.5 Å². The number of aromatic amines is 1. The van der Waals surface area contributed by atoms with Crippen molar-refractivity contribution in [1.82, 2.24) is 4.98 Å². The number of anilines is 1. The van der Waals surface area contributed by atoms with Crippen LogP contribution in [0.5, 0.6) is 17.2 Å². The monoisotopic (exact) mass is 388 g/mol. The zero-order chi connectivity index (χ0) is 20.4. The maximum Gasteiger partial charge on any atom is 0.273 e. The average Bonchev–Trinajstić information content (AvgIpc) is 2.73. The molecule has 0 radical (unpaired) electrons. The lowest BCUT2D eigenvalue weighted by molar-refractivity contribution is -0.361. The molecular weight excluding hydrogens is 366 g/mol. The van der Waals surface area contributed by atoms with E-state index in [1.54, 1.807) is 18.3 Å². The molecule has 4 N–H and O–H groups in total. The van der Waals surface area contributed by atoms with Gasteiger partial charge < -0.3 is 14.9 Å². The van der Waals surface area contributed by atoms with Gasteiger partial charge in [-0.2, -0.15) is 0 Å². The van der Waals surface area contributed by atoms with Crippen molar-refractivity contribution >= 4 is 16.7 Å². The molecule has 2 aromatic heterocycles. The Labute approximate surface area is 168 Å². The Morgan fingerprint density at radius 3 is 2.69 bits per heavy atom. The Bertz CT molecular complexity index is 1180. The van der Waals surface area contributed by atoms with Crippen LogP contribution in [0.1, 0.15) is 22.7 Å². The molecule has 0 aliphatic rings. The van der Waals surface area contributed by atoms with Gasteiger partial charge in [0.25, 0.3) is 5.82 Å². The molecule has 0 saturated heterocycles. The summed E-state index contributed by atoms with van der Waals surface area (Å²) in [4.78, 5) is 7.51. The molecule has 0 spiro atoms. The van der Waals surface area contributed by atoms with Gasteiger partial charge in [0.2, 0.25) is 0 Å². The van der Waals surface area contributed by atoms with Crippen molar-refractivity contribution < 1.29 is 19.9 Å².